The van der Waals surface area contributed by atoms with Gasteiger partial charge in [-0.3, -0.25) is 9.59 Å². The van der Waals surface area contributed by atoms with Gasteiger partial charge in [0.2, 0.25) is 17.7 Å². The minimum absolute atomic E-state index is 0.0660. The van der Waals surface area contributed by atoms with Gasteiger partial charge in [-0.05, 0) is 37.1 Å². The number of rotatable bonds is 5. The van der Waals surface area contributed by atoms with Crippen LogP contribution in [-0.4, -0.2) is 23.4 Å². The normalized spacial score (nSPS) is 15.9. The molecular formula is C19H21N3O3. The summed E-state index contributed by atoms with van der Waals surface area (Å²) in [4.78, 5) is 28.6. The summed E-state index contributed by atoms with van der Waals surface area (Å²) in [5.41, 5.74) is 3.26. The highest BCUT2D eigenvalue weighted by Gasteiger charge is 2.27. The maximum atomic E-state index is 12.5. The van der Waals surface area contributed by atoms with E-state index in [4.69, 9.17) is 4.74 Å². The summed E-state index contributed by atoms with van der Waals surface area (Å²) in [6.45, 7) is 4.24. The van der Waals surface area contributed by atoms with Gasteiger partial charge in [0.05, 0.1) is 6.61 Å². The zero-order valence-electron chi connectivity index (χ0n) is 14.3. The Balaban J connectivity index is 1.75. The molecule has 6 nitrogen and oxygen atoms in total. The second-order valence-corrected chi connectivity index (χ2v) is 6.09. The summed E-state index contributed by atoms with van der Waals surface area (Å²) < 4.78 is 5.47. The fourth-order valence-corrected chi connectivity index (χ4v) is 3.01. The smallest absolute Gasteiger partial charge is 0.237 e. The van der Waals surface area contributed by atoms with Gasteiger partial charge in [0.1, 0.15) is 5.69 Å². The average molecular weight is 339 g/mol. The Kier molecular flexibility index (Phi) is 4.97. The Morgan fingerprint density at radius 3 is 3.00 bits per heavy atom. The van der Waals surface area contributed by atoms with Crippen LogP contribution in [0, 0.1) is 6.92 Å². The van der Waals surface area contributed by atoms with Gasteiger partial charge in [0.25, 0.3) is 0 Å². The molecule has 2 heterocycles. The maximum Gasteiger partial charge on any atom is 0.237 e. The number of nitrogens with zero attached hydrogens (tertiary/aromatic N) is 1. The number of hydrogen-bond acceptors (Lipinski definition) is 4. The lowest BCUT2D eigenvalue weighted by Crippen LogP contribution is -2.26. The summed E-state index contributed by atoms with van der Waals surface area (Å²) >= 11 is 0. The zero-order valence-corrected chi connectivity index (χ0v) is 14.3. The first kappa shape index (κ1) is 17.0. The van der Waals surface area contributed by atoms with Crippen LogP contribution in [0.2, 0.25) is 0 Å². The molecule has 0 saturated heterocycles. The molecule has 25 heavy (non-hydrogen) atoms. The van der Waals surface area contributed by atoms with Crippen LogP contribution in [0.15, 0.2) is 36.5 Å². The number of hydrogen-bond donors (Lipinski definition) is 2. The van der Waals surface area contributed by atoms with Gasteiger partial charge in [-0.15, -0.1) is 0 Å². The zero-order chi connectivity index (χ0) is 17.8. The van der Waals surface area contributed by atoms with E-state index in [9.17, 15) is 9.59 Å². The third-order valence-electron chi connectivity index (χ3n) is 4.08. The van der Waals surface area contributed by atoms with Crippen LogP contribution in [0.4, 0.5) is 11.4 Å². The number of nitrogens with one attached hydrogen (secondary N) is 2. The molecule has 130 valence electrons. The predicted octanol–water partition coefficient (Wildman–Crippen LogP) is 3.24. The van der Waals surface area contributed by atoms with Gasteiger partial charge in [-0.1, -0.05) is 18.2 Å². The van der Waals surface area contributed by atoms with Crippen molar-refractivity contribution in [3.05, 3.63) is 47.7 Å². The topological polar surface area (TPSA) is 80.3 Å². The molecule has 0 bridgehead atoms. The number of ether oxygens (including phenoxy) is 1. The van der Waals surface area contributed by atoms with Gasteiger partial charge in [-0.2, -0.15) is 0 Å². The number of aryl methyl sites for hydroxylation is 1. The Hall–Kier alpha value is -2.89. The summed E-state index contributed by atoms with van der Waals surface area (Å²) in [5, 5.41) is 5.72. The van der Waals surface area contributed by atoms with Crippen molar-refractivity contribution in [2.45, 2.75) is 32.6 Å². The maximum absolute atomic E-state index is 12.5. The lowest BCUT2D eigenvalue weighted by Gasteiger charge is -2.25. The molecule has 1 aliphatic heterocycles. The summed E-state index contributed by atoms with van der Waals surface area (Å²) in [5.74, 6) is 0.0353. The first-order valence-electron chi connectivity index (χ1n) is 8.35. The van der Waals surface area contributed by atoms with E-state index in [0.29, 0.717) is 24.6 Å². The molecule has 1 aromatic heterocycles. The molecule has 0 fully saturated rings. The third kappa shape index (κ3) is 3.96. The molecule has 2 N–H and O–H groups in total. The first-order valence-corrected chi connectivity index (χ1v) is 8.35. The minimum Gasteiger partial charge on any atom is -0.476 e. The van der Waals surface area contributed by atoms with Crippen molar-refractivity contribution >= 4 is 23.2 Å². The Labute approximate surface area is 146 Å². The lowest BCUT2D eigenvalue weighted by molar-refractivity contribution is -0.118. The minimum atomic E-state index is -0.164. The van der Waals surface area contributed by atoms with E-state index in [1.807, 2.05) is 44.2 Å². The first-order chi connectivity index (χ1) is 12.1. The highest BCUT2D eigenvalue weighted by Crippen LogP contribution is 2.34. The van der Waals surface area contributed by atoms with E-state index in [2.05, 4.69) is 15.6 Å². The molecule has 1 unspecified atom stereocenters. The number of anilines is 2. The van der Waals surface area contributed by atoms with Gasteiger partial charge < -0.3 is 15.4 Å². The summed E-state index contributed by atoms with van der Waals surface area (Å²) in [7, 11) is 0. The van der Waals surface area contributed by atoms with Crippen LogP contribution >= 0.6 is 0 Å². The number of amides is 2. The van der Waals surface area contributed by atoms with Crippen molar-refractivity contribution in [1.29, 1.82) is 0 Å². The Bertz CT molecular complexity index is 804. The number of carbonyl (C=O) groups excluding carboxylic acids is 2. The fraction of sp³-hybridized carbons (Fsp3) is 0.316. The van der Waals surface area contributed by atoms with Crippen molar-refractivity contribution in [3.63, 3.8) is 0 Å². The molecule has 1 aromatic carbocycles. The van der Waals surface area contributed by atoms with Crippen LogP contribution in [0.5, 0.6) is 5.88 Å². The number of pyridine rings is 1. The van der Waals surface area contributed by atoms with E-state index in [1.54, 1.807) is 6.20 Å². The molecular weight excluding hydrogens is 318 g/mol. The molecule has 3 rings (SSSR count). The highest BCUT2D eigenvalue weighted by atomic mass is 16.5. The largest absolute Gasteiger partial charge is 0.476 e. The molecule has 0 radical (unpaired) electrons. The molecule has 1 atom stereocenters. The molecule has 2 aromatic rings. The van der Waals surface area contributed by atoms with Crippen molar-refractivity contribution in [1.82, 2.24) is 4.98 Å². The number of carbonyl (C=O) groups is 2. The van der Waals surface area contributed by atoms with Gasteiger partial charge in [0, 0.05) is 30.6 Å². The van der Waals surface area contributed by atoms with E-state index >= 15 is 0 Å². The number of benzene rings is 1. The van der Waals surface area contributed by atoms with Crippen LogP contribution in [0.1, 0.15) is 36.8 Å². The number of fused-ring (bicyclic) bond motifs is 1. The lowest BCUT2D eigenvalue weighted by atomic mass is 9.88. The van der Waals surface area contributed by atoms with Crippen LogP contribution < -0.4 is 15.4 Å². The van der Waals surface area contributed by atoms with Crippen molar-refractivity contribution < 1.29 is 14.3 Å². The Morgan fingerprint density at radius 1 is 1.40 bits per heavy atom. The van der Waals surface area contributed by atoms with E-state index in [1.165, 1.54) is 0 Å². The predicted molar refractivity (Wildman–Crippen MR) is 95.8 cm³/mol. The number of para-hydroxylation sites is 1. The Morgan fingerprint density at radius 2 is 2.20 bits per heavy atom. The highest BCUT2D eigenvalue weighted by molar-refractivity contribution is 5.97. The second-order valence-electron chi connectivity index (χ2n) is 6.09. The average Bonchev–Trinajstić information content (AvgIpc) is 2.57. The summed E-state index contributed by atoms with van der Waals surface area (Å²) in [6.07, 6.45) is 2.22. The quantitative estimate of drug-likeness (QED) is 0.876. The molecule has 2 amide bonds. The van der Waals surface area contributed by atoms with Crippen molar-refractivity contribution in [2.75, 3.05) is 17.2 Å². The van der Waals surface area contributed by atoms with Gasteiger partial charge >= 0.3 is 0 Å². The van der Waals surface area contributed by atoms with Crippen LogP contribution in [-0.2, 0) is 9.59 Å². The monoisotopic (exact) mass is 339 g/mol. The van der Waals surface area contributed by atoms with Crippen molar-refractivity contribution in [2.24, 2.45) is 0 Å². The van der Waals surface area contributed by atoms with E-state index < -0.39 is 0 Å². The number of aromatic nitrogens is 1. The SMILES string of the molecule is CCOc1ncc(C)cc1NC(=O)CC1CC(=O)Nc2ccccc21. The van der Waals surface area contributed by atoms with Crippen molar-refractivity contribution in [3.8, 4) is 5.88 Å². The van der Waals surface area contributed by atoms with Gasteiger partial charge in [-0.25, -0.2) is 4.98 Å². The molecule has 6 heteroatoms. The van der Waals surface area contributed by atoms with Crippen LogP contribution in [0.25, 0.3) is 0 Å². The van der Waals surface area contributed by atoms with Crippen LogP contribution in [0.3, 0.4) is 0 Å². The van der Waals surface area contributed by atoms with Gasteiger partial charge in [0.15, 0.2) is 0 Å². The molecule has 0 spiro atoms. The standard InChI is InChI=1S/C19H21N3O3/c1-3-25-19-16(8-12(2)11-20-19)22-18(24)10-13-9-17(23)21-15-7-5-4-6-14(13)15/h4-8,11,13H,3,9-10H2,1-2H3,(H,21,23)(H,22,24). The second kappa shape index (κ2) is 7.34. The summed E-state index contributed by atoms with van der Waals surface area (Å²) in [6, 6.07) is 9.42. The third-order valence-corrected chi connectivity index (χ3v) is 4.08. The molecule has 0 aliphatic carbocycles. The molecule has 1 aliphatic rings. The molecule has 0 saturated carbocycles. The van der Waals surface area contributed by atoms with E-state index in [-0.39, 0.29) is 24.2 Å². The fourth-order valence-electron chi connectivity index (χ4n) is 3.01. The van der Waals surface area contributed by atoms with E-state index in [0.717, 1.165) is 16.8 Å².